The van der Waals surface area contributed by atoms with Gasteiger partial charge >= 0.3 is 0 Å². The monoisotopic (exact) mass is 257 g/mol. The molecule has 0 unspecified atom stereocenters. The predicted molar refractivity (Wildman–Crippen MR) is 65.9 cm³/mol. The Kier molecular flexibility index (Phi) is 3.86. The largest absolute Gasteiger partial charge is 0.366 e. The molecule has 0 aliphatic carbocycles. The van der Waals surface area contributed by atoms with Gasteiger partial charge in [-0.05, 0) is 37.8 Å². The maximum absolute atomic E-state index is 12.2. The summed E-state index contributed by atoms with van der Waals surface area (Å²) in [5.41, 5.74) is 5.52. The number of H-pyrrole nitrogens is 1. The topological polar surface area (TPSA) is 79.2 Å². The molecule has 0 radical (unpaired) electrons. The molecule has 0 spiro atoms. The van der Waals surface area contributed by atoms with Crippen LogP contribution in [0.5, 0.6) is 0 Å². The van der Waals surface area contributed by atoms with Crippen LogP contribution in [0.1, 0.15) is 19.3 Å². The minimum absolute atomic E-state index is 0.356. The van der Waals surface area contributed by atoms with E-state index >= 15 is 0 Å². The molecule has 0 atom stereocenters. The normalized spacial score (nSPS) is 19.6. The third-order valence-corrected chi connectivity index (χ3v) is 5.25. The Morgan fingerprint density at radius 1 is 1.41 bits per heavy atom. The van der Waals surface area contributed by atoms with Crippen molar-refractivity contribution in [3.8, 4) is 0 Å². The van der Waals surface area contributed by atoms with Crippen LogP contribution in [0.2, 0.25) is 0 Å². The average molecular weight is 257 g/mol. The van der Waals surface area contributed by atoms with Crippen LogP contribution in [0.15, 0.2) is 23.4 Å². The van der Waals surface area contributed by atoms with Gasteiger partial charge in [-0.25, -0.2) is 8.42 Å². The van der Waals surface area contributed by atoms with Crippen molar-refractivity contribution in [3.63, 3.8) is 0 Å². The van der Waals surface area contributed by atoms with Gasteiger partial charge in [-0.3, -0.25) is 0 Å². The van der Waals surface area contributed by atoms with Crippen LogP contribution in [-0.2, 0) is 10.0 Å². The number of piperidine rings is 1. The first-order valence-corrected chi connectivity index (χ1v) is 7.41. The molecule has 0 bridgehead atoms. The van der Waals surface area contributed by atoms with E-state index < -0.39 is 10.0 Å². The lowest BCUT2D eigenvalue weighted by molar-refractivity contribution is 0.266. The van der Waals surface area contributed by atoms with E-state index in [-0.39, 0.29) is 0 Å². The zero-order chi connectivity index (χ0) is 12.3. The van der Waals surface area contributed by atoms with Crippen LogP contribution in [0.3, 0.4) is 0 Å². The lowest BCUT2D eigenvalue weighted by Crippen LogP contribution is -2.38. The van der Waals surface area contributed by atoms with Gasteiger partial charge in [0.15, 0.2) is 0 Å². The minimum Gasteiger partial charge on any atom is -0.366 e. The van der Waals surface area contributed by atoms with Crippen LogP contribution in [0, 0.1) is 5.92 Å². The zero-order valence-corrected chi connectivity index (χ0v) is 10.6. The molecule has 2 rings (SSSR count). The van der Waals surface area contributed by atoms with Gasteiger partial charge in [0.2, 0.25) is 10.0 Å². The summed E-state index contributed by atoms with van der Waals surface area (Å²) >= 11 is 0. The molecule has 6 heteroatoms. The van der Waals surface area contributed by atoms with E-state index in [4.69, 9.17) is 5.73 Å². The Labute approximate surface area is 102 Å². The molecular formula is C11H19N3O2S. The molecule has 17 heavy (non-hydrogen) atoms. The van der Waals surface area contributed by atoms with Gasteiger partial charge in [-0.15, -0.1) is 0 Å². The minimum atomic E-state index is -3.29. The number of aromatic amines is 1. The molecule has 3 N–H and O–H groups in total. The smallest absolute Gasteiger partial charge is 0.244 e. The molecule has 96 valence electrons. The van der Waals surface area contributed by atoms with Crippen molar-refractivity contribution in [2.24, 2.45) is 11.7 Å². The third-order valence-electron chi connectivity index (χ3n) is 3.36. The summed E-state index contributed by atoms with van der Waals surface area (Å²) in [5.74, 6) is 0.581. The highest BCUT2D eigenvalue weighted by molar-refractivity contribution is 7.89. The van der Waals surface area contributed by atoms with Gasteiger partial charge in [0.1, 0.15) is 0 Å². The molecule has 1 saturated heterocycles. The summed E-state index contributed by atoms with van der Waals surface area (Å²) in [5, 5.41) is 0. The summed E-state index contributed by atoms with van der Waals surface area (Å²) in [6.07, 6.45) is 6.00. The Morgan fingerprint density at radius 3 is 2.65 bits per heavy atom. The molecule has 0 aromatic carbocycles. The van der Waals surface area contributed by atoms with Gasteiger partial charge < -0.3 is 10.7 Å². The molecule has 5 nitrogen and oxygen atoms in total. The summed E-state index contributed by atoms with van der Waals surface area (Å²) in [6, 6.07) is 1.60. The first-order chi connectivity index (χ1) is 8.14. The number of hydrogen-bond acceptors (Lipinski definition) is 3. The highest BCUT2D eigenvalue weighted by Gasteiger charge is 2.29. The quantitative estimate of drug-likeness (QED) is 0.836. The van der Waals surface area contributed by atoms with E-state index in [0.29, 0.717) is 30.4 Å². The number of hydrogen-bond donors (Lipinski definition) is 2. The van der Waals surface area contributed by atoms with Crippen molar-refractivity contribution < 1.29 is 8.42 Å². The number of nitrogens with two attached hydrogens (primary N) is 1. The summed E-state index contributed by atoms with van der Waals surface area (Å²) in [7, 11) is -3.29. The second-order valence-corrected chi connectivity index (χ2v) is 6.41. The van der Waals surface area contributed by atoms with Gasteiger partial charge in [-0.2, -0.15) is 4.31 Å². The molecule has 0 amide bonds. The molecule has 1 aliphatic heterocycles. The van der Waals surface area contributed by atoms with Gasteiger partial charge in [-0.1, -0.05) is 0 Å². The number of nitrogens with zero attached hydrogens (tertiary/aromatic N) is 1. The second-order valence-electron chi connectivity index (χ2n) is 4.47. The van der Waals surface area contributed by atoms with Crippen molar-refractivity contribution in [1.29, 1.82) is 0 Å². The van der Waals surface area contributed by atoms with Crippen molar-refractivity contribution in [1.82, 2.24) is 9.29 Å². The van der Waals surface area contributed by atoms with E-state index in [0.717, 1.165) is 19.3 Å². The Morgan fingerprint density at radius 2 is 2.12 bits per heavy atom. The van der Waals surface area contributed by atoms with Crippen LogP contribution in [-0.4, -0.2) is 37.3 Å². The van der Waals surface area contributed by atoms with Crippen molar-refractivity contribution >= 4 is 10.0 Å². The van der Waals surface area contributed by atoms with Crippen LogP contribution >= 0.6 is 0 Å². The molecular weight excluding hydrogens is 238 g/mol. The summed E-state index contributed by atoms with van der Waals surface area (Å²) in [6.45, 7) is 1.91. The third kappa shape index (κ3) is 2.70. The highest BCUT2D eigenvalue weighted by atomic mass is 32.2. The first kappa shape index (κ1) is 12.6. The van der Waals surface area contributed by atoms with Crippen LogP contribution < -0.4 is 5.73 Å². The fourth-order valence-corrected chi connectivity index (χ4v) is 3.74. The SMILES string of the molecule is NCCC1CCN(S(=O)(=O)c2cc[nH]c2)CC1. The van der Waals surface area contributed by atoms with Gasteiger partial charge in [0.25, 0.3) is 0 Å². The molecule has 1 aliphatic rings. The second kappa shape index (κ2) is 5.20. The first-order valence-electron chi connectivity index (χ1n) is 5.97. The maximum Gasteiger partial charge on any atom is 0.244 e. The fraction of sp³-hybridized carbons (Fsp3) is 0.636. The number of nitrogens with one attached hydrogen (secondary N) is 1. The van der Waals surface area contributed by atoms with E-state index in [1.807, 2.05) is 0 Å². The number of sulfonamides is 1. The summed E-state index contributed by atoms with van der Waals surface area (Å²) < 4.78 is 26.0. The molecule has 1 aromatic rings. The van der Waals surface area contributed by atoms with E-state index in [1.54, 1.807) is 16.6 Å². The summed E-state index contributed by atoms with van der Waals surface area (Å²) in [4.78, 5) is 3.14. The number of aromatic nitrogens is 1. The highest BCUT2D eigenvalue weighted by Crippen LogP contribution is 2.24. The van der Waals surface area contributed by atoms with E-state index in [2.05, 4.69) is 4.98 Å². The molecule has 1 aromatic heterocycles. The lowest BCUT2D eigenvalue weighted by atomic mass is 9.95. The van der Waals surface area contributed by atoms with Gasteiger partial charge in [0.05, 0.1) is 4.90 Å². The molecule has 2 heterocycles. The lowest BCUT2D eigenvalue weighted by Gasteiger charge is -2.30. The van der Waals surface area contributed by atoms with Crippen molar-refractivity contribution in [2.75, 3.05) is 19.6 Å². The number of rotatable bonds is 4. The van der Waals surface area contributed by atoms with Gasteiger partial charge in [0, 0.05) is 25.5 Å². The van der Waals surface area contributed by atoms with Crippen molar-refractivity contribution in [2.45, 2.75) is 24.2 Å². The standard InChI is InChI=1S/C11H19N3O2S/c12-5-1-10-3-7-14(8-4-10)17(15,16)11-2-6-13-9-11/h2,6,9-10,13H,1,3-5,7-8,12H2. The Bertz CT molecular complexity index is 433. The van der Waals surface area contributed by atoms with Crippen LogP contribution in [0.4, 0.5) is 0 Å². The van der Waals surface area contributed by atoms with Crippen LogP contribution in [0.25, 0.3) is 0 Å². The Hall–Kier alpha value is -0.850. The maximum atomic E-state index is 12.2. The molecule has 1 fully saturated rings. The van der Waals surface area contributed by atoms with E-state index in [1.165, 1.54) is 6.20 Å². The fourth-order valence-electron chi connectivity index (χ4n) is 2.29. The zero-order valence-electron chi connectivity index (χ0n) is 9.80. The molecule has 0 saturated carbocycles. The Balaban J connectivity index is 2.01. The predicted octanol–water partition coefficient (Wildman–Crippen LogP) is 0.764. The van der Waals surface area contributed by atoms with Crippen molar-refractivity contribution in [3.05, 3.63) is 18.5 Å². The average Bonchev–Trinajstić information content (AvgIpc) is 2.84. The van der Waals surface area contributed by atoms with E-state index in [9.17, 15) is 8.42 Å².